The molecule has 5 heteroatoms. The first-order valence-corrected chi connectivity index (χ1v) is 6.61. The van der Waals surface area contributed by atoms with E-state index in [1.54, 1.807) is 0 Å². The minimum absolute atomic E-state index is 0.0220. The van der Waals surface area contributed by atoms with E-state index in [9.17, 15) is 0 Å². The first-order chi connectivity index (χ1) is 3.98. The van der Waals surface area contributed by atoms with Crippen molar-refractivity contribution in [2.45, 2.75) is 17.7 Å². The molecule has 0 N–H and O–H groups in total. The lowest BCUT2D eigenvalue weighted by atomic mass is 9.99. The topological polar surface area (TPSA) is 0 Å². The number of rotatable bonds is 0. The fourth-order valence-electron chi connectivity index (χ4n) is 0.606. The first kappa shape index (κ1) is 9.49. The van der Waals surface area contributed by atoms with Gasteiger partial charge in [-0.2, -0.15) is 0 Å². The van der Waals surface area contributed by atoms with Gasteiger partial charge in [0.05, 0.1) is 9.65 Å². The second-order valence-corrected chi connectivity index (χ2v) is 8.64. The monoisotopic (exact) mass is 446 g/mol. The summed E-state index contributed by atoms with van der Waals surface area (Å²) in [6.07, 6.45) is 0. The standard InChI is InChI=1S/C4H3Br5/c5-1-2(6)4(8,9)3(1)7/h1-3H. The third-order valence-corrected chi connectivity index (χ3v) is 10.8. The third kappa shape index (κ3) is 1.46. The molecular formula is C4H3Br5. The molecule has 2 unspecified atom stereocenters. The molecule has 9 heavy (non-hydrogen) atoms. The quantitative estimate of drug-likeness (QED) is 0.493. The van der Waals surface area contributed by atoms with Crippen LogP contribution in [0.25, 0.3) is 0 Å². The SMILES string of the molecule is BrC1C(Br)C(Br)(Br)C1Br. The normalized spacial score (nSPS) is 48.3. The molecule has 1 aliphatic carbocycles. The van der Waals surface area contributed by atoms with Gasteiger partial charge in [-0.05, 0) is 0 Å². The van der Waals surface area contributed by atoms with Crippen LogP contribution in [-0.2, 0) is 0 Å². The van der Waals surface area contributed by atoms with Crippen LogP contribution in [0.1, 0.15) is 0 Å². The Morgan fingerprint density at radius 2 is 1.22 bits per heavy atom. The molecule has 0 heterocycles. The lowest BCUT2D eigenvalue weighted by Crippen LogP contribution is -2.58. The van der Waals surface area contributed by atoms with Crippen molar-refractivity contribution in [2.24, 2.45) is 0 Å². The molecule has 0 aromatic rings. The van der Waals surface area contributed by atoms with E-state index in [2.05, 4.69) is 79.6 Å². The number of halogens is 5. The summed E-state index contributed by atoms with van der Waals surface area (Å²) >= 11 is 17.6. The fourth-order valence-corrected chi connectivity index (χ4v) is 5.94. The number of hydrogen-bond donors (Lipinski definition) is 0. The number of alkyl halides is 5. The summed E-state index contributed by atoms with van der Waals surface area (Å²) in [6.45, 7) is 0. The molecule has 2 atom stereocenters. The molecule has 0 bridgehead atoms. The van der Waals surface area contributed by atoms with Gasteiger partial charge in [0.1, 0.15) is 3.23 Å². The number of hydrogen-bond acceptors (Lipinski definition) is 0. The van der Waals surface area contributed by atoms with Crippen molar-refractivity contribution >= 4 is 79.6 Å². The second kappa shape index (κ2) is 3.04. The average Bonchev–Trinajstić information content (AvgIpc) is 1.84. The zero-order chi connectivity index (χ0) is 7.23. The largest absolute Gasteiger partial charge is 0.108 e. The molecule has 0 spiro atoms. The van der Waals surface area contributed by atoms with Crippen molar-refractivity contribution in [3.8, 4) is 0 Å². The van der Waals surface area contributed by atoms with Crippen molar-refractivity contribution in [1.82, 2.24) is 0 Å². The predicted molar refractivity (Wildman–Crippen MR) is 58.7 cm³/mol. The molecule has 0 aromatic carbocycles. The van der Waals surface area contributed by atoms with Gasteiger partial charge in [-0.25, -0.2) is 0 Å². The Hall–Kier alpha value is 2.40. The fraction of sp³-hybridized carbons (Fsp3) is 1.00. The van der Waals surface area contributed by atoms with Gasteiger partial charge in [0.25, 0.3) is 0 Å². The maximum Gasteiger partial charge on any atom is 0.108 e. The highest BCUT2D eigenvalue weighted by atomic mass is 79.9. The Balaban J connectivity index is 2.62. The zero-order valence-corrected chi connectivity index (χ0v) is 12.1. The maximum atomic E-state index is 3.53. The van der Waals surface area contributed by atoms with Gasteiger partial charge >= 0.3 is 0 Å². The van der Waals surface area contributed by atoms with E-state index >= 15 is 0 Å². The summed E-state index contributed by atoms with van der Waals surface area (Å²) in [5.41, 5.74) is 0. The Labute approximate surface area is 96.2 Å². The van der Waals surface area contributed by atoms with Crippen LogP contribution < -0.4 is 0 Å². The van der Waals surface area contributed by atoms with Crippen LogP contribution in [0.15, 0.2) is 0 Å². The van der Waals surface area contributed by atoms with Gasteiger partial charge in [0, 0.05) is 4.83 Å². The summed E-state index contributed by atoms with van der Waals surface area (Å²) in [5, 5.41) is 0. The molecule has 0 amide bonds. The van der Waals surface area contributed by atoms with Crippen LogP contribution in [-0.4, -0.2) is 17.7 Å². The average molecular weight is 451 g/mol. The molecule has 1 aliphatic rings. The van der Waals surface area contributed by atoms with Crippen molar-refractivity contribution < 1.29 is 0 Å². The van der Waals surface area contributed by atoms with Gasteiger partial charge in [-0.15, -0.1) is 0 Å². The Morgan fingerprint density at radius 1 is 0.889 bits per heavy atom. The van der Waals surface area contributed by atoms with Crippen molar-refractivity contribution in [3.63, 3.8) is 0 Å². The van der Waals surface area contributed by atoms with Crippen LogP contribution in [0.4, 0.5) is 0 Å². The van der Waals surface area contributed by atoms with Crippen LogP contribution in [0.3, 0.4) is 0 Å². The summed E-state index contributed by atoms with van der Waals surface area (Å²) < 4.78 is 0.0220. The van der Waals surface area contributed by atoms with Gasteiger partial charge in [-0.1, -0.05) is 79.6 Å². The highest BCUT2D eigenvalue weighted by Crippen LogP contribution is 2.56. The smallest absolute Gasteiger partial charge is 0.0865 e. The van der Waals surface area contributed by atoms with E-state index in [0.29, 0.717) is 14.5 Å². The maximum absolute atomic E-state index is 3.53. The summed E-state index contributed by atoms with van der Waals surface area (Å²) in [4.78, 5) is 1.37. The Bertz CT molecular complexity index is 110. The zero-order valence-electron chi connectivity index (χ0n) is 4.12. The van der Waals surface area contributed by atoms with Gasteiger partial charge < -0.3 is 0 Å². The van der Waals surface area contributed by atoms with Crippen molar-refractivity contribution in [2.75, 3.05) is 0 Å². The van der Waals surface area contributed by atoms with Crippen LogP contribution >= 0.6 is 79.6 Å². The first-order valence-electron chi connectivity index (χ1n) is 2.28. The molecule has 54 valence electrons. The lowest BCUT2D eigenvalue weighted by molar-refractivity contribution is 0.581. The molecule has 0 aliphatic heterocycles. The molecule has 0 saturated heterocycles. The van der Waals surface area contributed by atoms with Crippen LogP contribution in [0, 0.1) is 0 Å². The Kier molecular flexibility index (Phi) is 3.20. The predicted octanol–water partition coefficient (Wildman–Crippen LogP) is 3.78. The van der Waals surface area contributed by atoms with Gasteiger partial charge in [-0.3, -0.25) is 0 Å². The highest BCUT2D eigenvalue weighted by molar-refractivity contribution is 9.27. The van der Waals surface area contributed by atoms with E-state index < -0.39 is 0 Å². The molecule has 1 saturated carbocycles. The third-order valence-electron chi connectivity index (χ3n) is 1.29. The lowest BCUT2D eigenvalue weighted by Gasteiger charge is -2.47. The molecule has 0 aromatic heterocycles. The summed E-state index contributed by atoms with van der Waals surface area (Å²) in [5.74, 6) is 0. The van der Waals surface area contributed by atoms with E-state index in [-0.39, 0.29) is 3.23 Å². The molecular weight excluding hydrogens is 448 g/mol. The van der Waals surface area contributed by atoms with Gasteiger partial charge in [0.2, 0.25) is 0 Å². The van der Waals surface area contributed by atoms with E-state index in [1.807, 2.05) is 0 Å². The minimum Gasteiger partial charge on any atom is -0.0865 e. The van der Waals surface area contributed by atoms with Crippen molar-refractivity contribution in [3.05, 3.63) is 0 Å². The summed E-state index contributed by atoms with van der Waals surface area (Å²) in [7, 11) is 0. The van der Waals surface area contributed by atoms with Crippen LogP contribution in [0.2, 0.25) is 0 Å². The summed E-state index contributed by atoms with van der Waals surface area (Å²) in [6, 6.07) is 0. The molecule has 1 fully saturated rings. The molecule has 0 nitrogen and oxygen atoms in total. The minimum atomic E-state index is 0.0220. The van der Waals surface area contributed by atoms with Gasteiger partial charge in [0.15, 0.2) is 0 Å². The van der Waals surface area contributed by atoms with Crippen LogP contribution in [0.5, 0.6) is 0 Å². The Morgan fingerprint density at radius 3 is 1.33 bits per heavy atom. The van der Waals surface area contributed by atoms with E-state index in [1.165, 1.54) is 0 Å². The van der Waals surface area contributed by atoms with Crippen molar-refractivity contribution in [1.29, 1.82) is 0 Å². The highest BCUT2D eigenvalue weighted by Gasteiger charge is 2.56. The second-order valence-electron chi connectivity index (χ2n) is 1.92. The van der Waals surface area contributed by atoms with E-state index in [4.69, 9.17) is 0 Å². The molecule has 1 rings (SSSR count). The van der Waals surface area contributed by atoms with E-state index in [0.717, 1.165) is 0 Å². The molecule has 0 radical (unpaired) electrons.